The Morgan fingerprint density at radius 1 is 1.32 bits per heavy atom. The summed E-state index contributed by atoms with van der Waals surface area (Å²) in [4.78, 5) is 4.25. The van der Waals surface area contributed by atoms with Gasteiger partial charge in [-0.3, -0.25) is 4.98 Å². The summed E-state index contributed by atoms with van der Waals surface area (Å²) in [6, 6.07) is 10.9. The van der Waals surface area contributed by atoms with Crippen LogP contribution in [0.15, 0.2) is 47.1 Å². The average molecular weight is 342 g/mol. The van der Waals surface area contributed by atoms with Crippen LogP contribution in [0.2, 0.25) is 5.02 Å². The Morgan fingerprint density at radius 2 is 2.11 bits per heavy atom. The van der Waals surface area contributed by atoms with E-state index in [0.717, 1.165) is 10.2 Å². The van der Waals surface area contributed by atoms with Crippen LogP contribution in [0, 0.1) is 0 Å². The van der Waals surface area contributed by atoms with E-state index in [2.05, 4.69) is 20.9 Å². The predicted molar refractivity (Wildman–Crippen MR) is 80.1 cm³/mol. The molecule has 0 amide bonds. The predicted octanol–water partition coefficient (Wildman–Crippen LogP) is 3.27. The SMILES string of the molecule is NCC(c1ccccn1)C(O)c1cc(Br)ccc1Cl. The Labute approximate surface area is 125 Å². The average Bonchev–Trinajstić information content (AvgIpc) is 2.43. The van der Waals surface area contributed by atoms with E-state index in [1.165, 1.54) is 0 Å². The smallest absolute Gasteiger partial charge is 0.0900 e. The molecule has 100 valence electrons. The highest BCUT2D eigenvalue weighted by Crippen LogP contribution is 2.34. The lowest BCUT2D eigenvalue weighted by molar-refractivity contribution is 0.146. The van der Waals surface area contributed by atoms with E-state index in [9.17, 15) is 5.11 Å². The van der Waals surface area contributed by atoms with E-state index in [1.54, 1.807) is 18.3 Å². The molecule has 3 N–H and O–H groups in total. The number of aliphatic hydroxyl groups is 1. The second-order valence-electron chi connectivity index (χ2n) is 4.21. The van der Waals surface area contributed by atoms with E-state index in [-0.39, 0.29) is 5.92 Å². The number of nitrogens with two attached hydrogens (primary N) is 1. The van der Waals surface area contributed by atoms with E-state index in [0.29, 0.717) is 17.1 Å². The van der Waals surface area contributed by atoms with Gasteiger partial charge < -0.3 is 10.8 Å². The number of pyridine rings is 1. The molecule has 0 radical (unpaired) electrons. The second kappa shape index (κ2) is 6.48. The monoisotopic (exact) mass is 340 g/mol. The first-order valence-corrected chi connectivity index (χ1v) is 7.04. The summed E-state index contributed by atoms with van der Waals surface area (Å²) in [6.07, 6.45) is 0.901. The van der Waals surface area contributed by atoms with Crippen LogP contribution in [0.25, 0.3) is 0 Å². The molecule has 2 aromatic rings. The fourth-order valence-electron chi connectivity index (χ4n) is 1.96. The molecule has 1 heterocycles. The summed E-state index contributed by atoms with van der Waals surface area (Å²) in [5.41, 5.74) is 7.18. The Balaban J connectivity index is 2.36. The molecular weight excluding hydrogens is 328 g/mol. The number of hydrogen-bond acceptors (Lipinski definition) is 3. The molecular formula is C14H14BrClN2O. The largest absolute Gasteiger partial charge is 0.388 e. The molecule has 19 heavy (non-hydrogen) atoms. The lowest BCUT2D eigenvalue weighted by atomic mass is 9.92. The van der Waals surface area contributed by atoms with Gasteiger partial charge in [-0.15, -0.1) is 0 Å². The van der Waals surface area contributed by atoms with Crippen molar-refractivity contribution >= 4 is 27.5 Å². The van der Waals surface area contributed by atoms with Crippen molar-refractivity contribution in [2.75, 3.05) is 6.54 Å². The topological polar surface area (TPSA) is 59.1 Å². The van der Waals surface area contributed by atoms with Gasteiger partial charge in [0.15, 0.2) is 0 Å². The third-order valence-electron chi connectivity index (χ3n) is 2.98. The molecule has 1 aromatic heterocycles. The molecule has 0 spiro atoms. The van der Waals surface area contributed by atoms with Gasteiger partial charge in [0.2, 0.25) is 0 Å². The molecule has 0 saturated carbocycles. The van der Waals surface area contributed by atoms with Crippen molar-refractivity contribution in [2.45, 2.75) is 12.0 Å². The maximum Gasteiger partial charge on any atom is 0.0900 e. The number of halogens is 2. The molecule has 0 bridgehead atoms. The van der Waals surface area contributed by atoms with Gasteiger partial charge in [0.1, 0.15) is 0 Å². The van der Waals surface area contributed by atoms with Gasteiger partial charge in [0, 0.05) is 39.4 Å². The number of benzene rings is 1. The second-order valence-corrected chi connectivity index (χ2v) is 5.53. The fourth-order valence-corrected chi connectivity index (χ4v) is 2.57. The minimum Gasteiger partial charge on any atom is -0.388 e. The number of nitrogens with zero attached hydrogens (tertiary/aromatic N) is 1. The molecule has 0 aliphatic rings. The highest BCUT2D eigenvalue weighted by atomic mass is 79.9. The molecule has 0 aliphatic heterocycles. The van der Waals surface area contributed by atoms with Crippen LogP contribution < -0.4 is 5.73 Å². The quantitative estimate of drug-likeness (QED) is 0.897. The first-order valence-electron chi connectivity index (χ1n) is 5.87. The van der Waals surface area contributed by atoms with Crippen molar-refractivity contribution in [3.8, 4) is 0 Å². The molecule has 3 nitrogen and oxygen atoms in total. The zero-order valence-electron chi connectivity index (χ0n) is 10.1. The standard InChI is InChI=1S/C14H14BrClN2O/c15-9-4-5-12(16)10(7-9)14(19)11(8-17)13-3-1-2-6-18-13/h1-7,11,14,19H,8,17H2. The van der Waals surface area contributed by atoms with Crippen LogP contribution in [0.1, 0.15) is 23.3 Å². The summed E-state index contributed by atoms with van der Waals surface area (Å²) in [5.74, 6) is -0.284. The Morgan fingerprint density at radius 3 is 2.74 bits per heavy atom. The third kappa shape index (κ3) is 3.34. The van der Waals surface area contributed by atoms with Gasteiger partial charge in [-0.05, 0) is 30.3 Å². The van der Waals surface area contributed by atoms with Crippen molar-refractivity contribution < 1.29 is 5.11 Å². The van der Waals surface area contributed by atoms with Crippen molar-refractivity contribution in [3.63, 3.8) is 0 Å². The van der Waals surface area contributed by atoms with Crippen molar-refractivity contribution in [3.05, 3.63) is 63.3 Å². The molecule has 0 saturated heterocycles. The van der Waals surface area contributed by atoms with Crippen molar-refractivity contribution in [1.82, 2.24) is 4.98 Å². The first kappa shape index (κ1) is 14.5. The van der Waals surface area contributed by atoms with E-state index < -0.39 is 6.10 Å². The van der Waals surface area contributed by atoms with Crippen LogP contribution in [0.3, 0.4) is 0 Å². The zero-order valence-corrected chi connectivity index (χ0v) is 12.5. The fraction of sp³-hybridized carbons (Fsp3) is 0.214. The van der Waals surface area contributed by atoms with Gasteiger partial charge in [-0.25, -0.2) is 0 Å². The van der Waals surface area contributed by atoms with Crippen LogP contribution in [0.4, 0.5) is 0 Å². The van der Waals surface area contributed by atoms with Gasteiger partial charge in [-0.2, -0.15) is 0 Å². The lowest BCUT2D eigenvalue weighted by Gasteiger charge is -2.22. The molecule has 1 aromatic carbocycles. The third-order valence-corrected chi connectivity index (χ3v) is 3.82. The van der Waals surface area contributed by atoms with Crippen LogP contribution in [0.5, 0.6) is 0 Å². The summed E-state index contributed by atoms with van der Waals surface area (Å²) in [6.45, 7) is 0.293. The zero-order chi connectivity index (χ0) is 13.8. The summed E-state index contributed by atoms with van der Waals surface area (Å²) in [5, 5.41) is 11.0. The first-order chi connectivity index (χ1) is 9.13. The summed E-state index contributed by atoms with van der Waals surface area (Å²) >= 11 is 9.51. The van der Waals surface area contributed by atoms with Gasteiger partial charge in [0.25, 0.3) is 0 Å². The minimum absolute atomic E-state index is 0.284. The van der Waals surface area contributed by atoms with Crippen LogP contribution in [-0.4, -0.2) is 16.6 Å². The summed E-state index contributed by atoms with van der Waals surface area (Å²) < 4.78 is 0.864. The van der Waals surface area contributed by atoms with Gasteiger partial charge >= 0.3 is 0 Å². The maximum atomic E-state index is 10.5. The number of rotatable bonds is 4. The van der Waals surface area contributed by atoms with E-state index >= 15 is 0 Å². The van der Waals surface area contributed by atoms with E-state index in [4.69, 9.17) is 17.3 Å². The van der Waals surface area contributed by atoms with Crippen molar-refractivity contribution in [2.24, 2.45) is 5.73 Å². The molecule has 2 unspecified atom stereocenters. The highest BCUT2D eigenvalue weighted by Gasteiger charge is 2.24. The van der Waals surface area contributed by atoms with E-state index in [1.807, 2.05) is 24.3 Å². The molecule has 0 fully saturated rings. The molecule has 2 rings (SSSR count). The molecule has 0 aliphatic carbocycles. The summed E-state index contributed by atoms with van der Waals surface area (Å²) in [7, 11) is 0. The lowest BCUT2D eigenvalue weighted by Crippen LogP contribution is -2.21. The Hall–Kier alpha value is -0.940. The van der Waals surface area contributed by atoms with Crippen LogP contribution >= 0.6 is 27.5 Å². The number of hydrogen-bond donors (Lipinski definition) is 2. The highest BCUT2D eigenvalue weighted by molar-refractivity contribution is 9.10. The molecule has 2 atom stereocenters. The Kier molecular flexibility index (Phi) is 4.93. The number of aliphatic hydroxyl groups excluding tert-OH is 1. The maximum absolute atomic E-state index is 10.5. The minimum atomic E-state index is -0.787. The molecule has 5 heteroatoms. The van der Waals surface area contributed by atoms with Crippen LogP contribution in [-0.2, 0) is 0 Å². The van der Waals surface area contributed by atoms with Gasteiger partial charge in [-0.1, -0.05) is 33.6 Å². The van der Waals surface area contributed by atoms with Crippen molar-refractivity contribution in [1.29, 1.82) is 0 Å². The van der Waals surface area contributed by atoms with Gasteiger partial charge in [0.05, 0.1) is 6.10 Å². The normalized spacial score (nSPS) is 14.1. The Bertz CT molecular complexity index is 550. The number of aromatic nitrogens is 1.